The Balaban J connectivity index is 0.585. The first-order valence-electron chi connectivity index (χ1n) is 36.4. The van der Waals surface area contributed by atoms with E-state index in [1.54, 1.807) is 57.2 Å². The fourth-order valence-corrected chi connectivity index (χ4v) is 13.9. The van der Waals surface area contributed by atoms with Crippen molar-refractivity contribution in [2.45, 2.75) is 133 Å². The number of likely N-dealkylation sites (N-methyl/N-ethyl adjacent to an activating group) is 1. The molecule has 27 nitrogen and oxygen atoms in total. The number of esters is 1. The molecule has 107 heavy (non-hydrogen) atoms. The molecule has 0 saturated carbocycles. The number of rotatable bonds is 37. The number of ketones is 1. The van der Waals surface area contributed by atoms with Gasteiger partial charge in [0.1, 0.15) is 53.1 Å². The van der Waals surface area contributed by atoms with Crippen LogP contribution in [0.5, 0.6) is 5.75 Å². The summed E-state index contributed by atoms with van der Waals surface area (Å²) in [5, 5.41) is 21.7. The number of hydrazine groups is 1. The molecular weight excluding hydrogens is 1400 g/mol. The Hall–Kier alpha value is -8.32. The molecule has 5 aromatic rings. The monoisotopic (exact) mass is 1510 g/mol. The number of carbonyl (C=O) groups is 7. The molecule has 3 N–H and O–H groups in total. The number of hydrogen-bond acceptors (Lipinski definition) is 21. The van der Waals surface area contributed by atoms with Gasteiger partial charge in [0.05, 0.1) is 118 Å². The number of fused-ring (bicyclic) bond motifs is 9. The van der Waals surface area contributed by atoms with E-state index < -0.39 is 77.7 Å². The Morgan fingerprint density at radius 3 is 2.03 bits per heavy atom. The van der Waals surface area contributed by atoms with Crippen LogP contribution < -0.4 is 20.3 Å². The number of amides is 5. The van der Waals surface area contributed by atoms with Crippen molar-refractivity contribution in [3.63, 3.8) is 0 Å². The number of Topliss-reactive ketones (excluding diaryl/α,β-unsaturated/α-hetero) is 1. The molecule has 1 aliphatic carbocycles. The van der Waals surface area contributed by atoms with Crippen molar-refractivity contribution in [2.75, 3.05) is 140 Å². The maximum Gasteiger partial charge on any atom is 0.424 e. The summed E-state index contributed by atoms with van der Waals surface area (Å²) in [6, 6.07) is 28.9. The van der Waals surface area contributed by atoms with Gasteiger partial charge in [0.25, 0.3) is 0 Å². The van der Waals surface area contributed by atoms with E-state index in [-0.39, 0.29) is 94.2 Å². The van der Waals surface area contributed by atoms with Gasteiger partial charge in [-0.25, -0.2) is 24.4 Å². The number of hydrogen-bond donors (Lipinski definition) is 3. The summed E-state index contributed by atoms with van der Waals surface area (Å²) in [6.45, 7) is 11.7. The van der Waals surface area contributed by atoms with Gasteiger partial charge < -0.3 is 81.6 Å². The smallest absolute Gasteiger partial charge is 0.424 e. The van der Waals surface area contributed by atoms with Crippen LogP contribution in [0.3, 0.4) is 0 Å². The van der Waals surface area contributed by atoms with E-state index >= 15 is 0 Å². The molecule has 1 aromatic heterocycles. The van der Waals surface area contributed by atoms with E-state index in [0.29, 0.717) is 90.3 Å². The zero-order valence-electron chi connectivity index (χ0n) is 63.0. The molecule has 3 aliphatic heterocycles. The molecule has 5 amide bonds. The summed E-state index contributed by atoms with van der Waals surface area (Å²) in [5.74, 6) is -2.23. The lowest BCUT2D eigenvalue weighted by Crippen LogP contribution is -2.63. The second kappa shape index (κ2) is 39.7. The SMILES string of the molecule is COc1cc2cc(c1Cl)N(C)C(=O)C[C@H](OC(=O)[C@H](C)N(C)C(=O)CCOCCOCCOCCOCCOCCOCCNC(=O)CCC(=O)CCn1c(CN(C)N(C)C(=O)OCC3c4ccccc4-c4ccccc43)cc3ccccc31)[C@]1(C)OC1[C@H](C)[C@@H]1C[C@](O)(NC(=O)O1)[C@H](OC)/C=C/C=C(\C)C2. The van der Waals surface area contributed by atoms with Gasteiger partial charge >= 0.3 is 18.2 Å². The first-order chi connectivity index (χ1) is 51.4. The number of nitrogens with one attached hydrogen (secondary N) is 2. The van der Waals surface area contributed by atoms with Crippen LogP contribution in [0, 0.1) is 5.92 Å². The van der Waals surface area contributed by atoms with E-state index in [4.69, 9.17) is 68.4 Å². The molecule has 2 saturated heterocycles. The third-order valence-electron chi connectivity index (χ3n) is 20.1. The minimum absolute atomic E-state index is 0.0335. The Morgan fingerprint density at radius 2 is 1.39 bits per heavy atom. The number of halogens is 1. The highest BCUT2D eigenvalue weighted by molar-refractivity contribution is 6.35. The summed E-state index contributed by atoms with van der Waals surface area (Å²) in [6.07, 6.45) is 0.408. The number of para-hydroxylation sites is 1. The number of aliphatic hydroxyl groups is 1. The van der Waals surface area contributed by atoms with Crippen LogP contribution in [0.15, 0.2) is 115 Å². The molecule has 4 aromatic carbocycles. The number of ether oxygens (including phenoxy) is 12. The average molecular weight is 1510 g/mol. The van der Waals surface area contributed by atoms with Gasteiger partial charge in [0.2, 0.25) is 17.7 Å². The van der Waals surface area contributed by atoms with E-state index in [2.05, 4.69) is 45.5 Å². The second-order valence-corrected chi connectivity index (χ2v) is 27.8. The third kappa shape index (κ3) is 22.2. The highest BCUT2D eigenvalue weighted by Gasteiger charge is 2.64. The number of benzene rings is 4. The molecule has 4 bridgehead atoms. The number of nitrogens with zero attached hydrogens (tertiary/aromatic N) is 5. The lowest BCUT2D eigenvalue weighted by atomic mass is 9.83. The van der Waals surface area contributed by atoms with E-state index in [1.165, 1.54) is 43.0 Å². The molecule has 4 heterocycles. The summed E-state index contributed by atoms with van der Waals surface area (Å²) >= 11 is 6.84. The summed E-state index contributed by atoms with van der Waals surface area (Å²) in [7, 11) is 9.44. The van der Waals surface area contributed by atoms with Crippen molar-refractivity contribution in [2.24, 2.45) is 5.92 Å². The van der Waals surface area contributed by atoms with Crippen molar-refractivity contribution < 1.29 is 95.5 Å². The number of allylic oxidation sites excluding steroid dienone is 3. The zero-order chi connectivity index (χ0) is 76.8. The van der Waals surface area contributed by atoms with Crippen LogP contribution >= 0.6 is 11.6 Å². The molecule has 8 atom stereocenters. The van der Waals surface area contributed by atoms with Gasteiger partial charge in [-0.1, -0.05) is 109 Å². The van der Waals surface area contributed by atoms with Crippen molar-refractivity contribution in [3.8, 4) is 16.9 Å². The van der Waals surface area contributed by atoms with Crippen LogP contribution in [-0.4, -0.2) is 243 Å². The number of epoxide rings is 1. The first kappa shape index (κ1) is 82.7. The second-order valence-electron chi connectivity index (χ2n) is 27.5. The highest BCUT2D eigenvalue weighted by Crippen LogP contribution is 2.50. The molecule has 0 spiro atoms. The van der Waals surface area contributed by atoms with Crippen molar-refractivity contribution in [3.05, 3.63) is 142 Å². The van der Waals surface area contributed by atoms with Gasteiger partial charge in [0, 0.05) is 97.1 Å². The number of carbonyl (C=O) groups excluding carboxylic acids is 7. The van der Waals surface area contributed by atoms with Gasteiger partial charge in [-0.3, -0.25) is 24.5 Å². The predicted molar refractivity (Wildman–Crippen MR) is 399 cm³/mol. The Labute approximate surface area is 630 Å². The van der Waals surface area contributed by atoms with Crippen molar-refractivity contribution in [1.82, 2.24) is 30.1 Å². The number of anilines is 1. The normalized spacial score (nSPS) is 21.8. The summed E-state index contributed by atoms with van der Waals surface area (Å²) in [5.41, 5.74) is 5.38. The molecule has 9 rings (SSSR count). The lowest BCUT2D eigenvalue weighted by molar-refractivity contribution is -0.162. The first-order valence-corrected chi connectivity index (χ1v) is 36.8. The van der Waals surface area contributed by atoms with Gasteiger partial charge in [-0.2, -0.15) is 0 Å². The molecule has 28 heteroatoms. The number of aromatic nitrogens is 1. The number of methoxy groups -OCH3 is 2. The van der Waals surface area contributed by atoms with Crippen molar-refractivity contribution in [1.29, 1.82) is 0 Å². The topological polar surface area (TPSA) is 296 Å². The fourth-order valence-electron chi connectivity index (χ4n) is 13.6. The van der Waals surface area contributed by atoms with Crippen LogP contribution in [0.1, 0.15) is 94.5 Å². The molecular formula is C79H104ClN7O20. The molecule has 2 fully saturated rings. The highest BCUT2D eigenvalue weighted by atomic mass is 35.5. The number of alkyl carbamates (subject to hydrolysis) is 1. The fraction of sp³-hybridized carbons (Fsp3) is 0.532. The predicted octanol–water partition coefficient (Wildman–Crippen LogP) is 8.74. The maximum atomic E-state index is 14.4. The van der Waals surface area contributed by atoms with Gasteiger partial charge in [0.15, 0.2) is 5.72 Å². The molecule has 4 aliphatic rings. The molecule has 1 unspecified atom stereocenters. The zero-order valence-corrected chi connectivity index (χ0v) is 63.8. The van der Waals surface area contributed by atoms with Crippen molar-refractivity contribution >= 4 is 69.9 Å². The molecule has 582 valence electrons. The quantitative estimate of drug-likeness (QED) is 0.0110. The van der Waals surface area contributed by atoms with Crippen LogP contribution in [0.2, 0.25) is 5.02 Å². The maximum absolute atomic E-state index is 14.4. The largest absolute Gasteiger partial charge is 0.495 e. The van der Waals surface area contributed by atoms with Crippen LogP contribution in [0.25, 0.3) is 22.0 Å². The van der Waals surface area contributed by atoms with E-state index in [1.807, 2.05) is 68.6 Å². The molecule has 0 radical (unpaired) electrons. The van der Waals surface area contributed by atoms with E-state index in [0.717, 1.165) is 50.0 Å². The summed E-state index contributed by atoms with van der Waals surface area (Å²) < 4.78 is 71.2. The summed E-state index contributed by atoms with van der Waals surface area (Å²) in [4.78, 5) is 96.7. The van der Waals surface area contributed by atoms with Crippen LogP contribution in [0.4, 0.5) is 15.3 Å². The standard InChI is InChI=1S/C79H104ClN7O20/c1-52-18-17-25-68(97-10)79(95)49-67(105-76(93)82-79)53(2)74-78(4,107-74)69(48-72(91)85(7)65-45-55(44-52)46-66(96-9)73(65)80)106-75(92)54(3)84(6)71(90)29-32-98-34-36-100-38-40-102-42-43-103-41-39-101-37-35-99-33-30-81-70(89)27-26-58(88)28-31-87-57(47-56-19-11-16-24-64(56)87)50-83(5)86(8)77(94)104-51-63-61-22-14-12-20-59(61)60-21-13-15-23-62(60)63/h11-25,45-47,53-54,63,67-69,74,95H,26-44,48-51H2,1-10H3,(H,81,89)(H,82,93)/b25-17+,52-18+/t53-,54+,67+,68-,69+,74?,78+,79-/m1/s1. The van der Waals surface area contributed by atoms with E-state index in [9.17, 15) is 38.7 Å². The minimum Gasteiger partial charge on any atom is -0.495 e. The number of aryl methyl sites for hydroxylation is 1. The average Bonchev–Trinajstić information content (AvgIpc) is 1.58. The van der Waals surface area contributed by atoms with Crippen LogP contribution in [-0.2, 0) is 95.6 Å². The van der Waals surface area contributed by atoms with Gasteiger partial charge in [-0.05, 0) is 84.7 Å². The third-order valence-corrected chi connectivity index (χ3v) is 20.4. The van der Waals surface area contributed by atoms with Gasteiger partial charge in [-0.15, -0.1) is 0 Å². The Kier molecular flexibility index (Phi) is 30.7. The Bertz CT molecular complexity index is 3880. The minimum atomic E-state index is -1.87. The Morgan fingerprint density at radius 1 is 0.785 bits per heavy atom. The lowest BCUT2D eigenvalue weighted by Gasteiger charge is -2.42.